The van der Waals surface area contributed by atoms with Crippen molar-refractivity contribution in [3.8, 4) is 0 Å². The fraction of sp³-hybridized carbons (Fsp3) is 0.474. The summed E-state index contributed by atoms with van der Waals surface area (Å²) in [6, 6.07) is -1.08. The summed E-state index contributed by atoms with van der Waals surface area (Å²) in [6.07, 6.45) is 3.28. The lowest BCUT2D eigenvalue weighted by molar-refractivity contribution is -0.697. The van der Waals surface area contributed by atoms with Gasteiger partial charge in [0, 0.05) is 16.9 Å². The number of carbonyl (C=O) groups excluding carboxylic acids is 2. The van der Waals surface area contributed by atoms with Gasteiger partial charge in [0.1, 0.15) is 24.6 Å². The van der Waals surface area contributed by atoms with Crippen LogP contribution in [-0.2, 0) is 20.9 Å². The molecule has 2 amide bonds. The Hall–Kier alpha value is -2.76. The highest BCUT2D eigenvalue weighted by atomic mass is 32.1. The van der Waals surface area contributed by atoms with Crippen molar-refractivity contribution >= 4 is 34.5 Å². The molecule has 10 nitrogen and oxygen atoms in total. The Balaban J connectivity index is 1.78. The molecule has 5 atom stereocenters. The van der Waals surface area contributed by atoms with Gasteiger partial charge in [-0.1, -0.05) is 18.3 Å². The number of hydrogen-bond acceptors (Lipinski definition) is 6. The number of aliphatic carboxylic acids is 1. The number of aliphatic hydroxyl groups excluding tert-OH is 2. The average Bonchev–Trinajstić information content (AvgIpc) is 3.32. The molecule has 2 aromatic heterocycles. The number of aromatic nitrogens is 2. The minimum Gasteiger partial charge on any atom is -0.477 e. The summed E-state index contributed by atoms with van der Waals surface area (Å²) in [5.74, 6) is -1.87. The molecule has 4 N–H and O–H groups in total. The summed E-state index contributed by atoms with van der Waals surface area (Å²) in [5.41, 5.74) is 0.516. The second-order valence-corrected chi connectivity index (χ2v) is 8.61. The predicted molar refractivity (Wildman–Crippen MR) is 104 cm³/mol. The van der Waals surface area contributed by atoms with E-state index in [0.29, 0.717) is 17.8 Å². The molecule has 160 valence electrons. The van der Waals surface area contributed by atoms with E-state index in [9.17, 15) is 29.7 Å². The van der Waals surface area contributed by atoms with Crippen molar-refractivity contribution in [1.82, 2.24) is 14.6 Å². The molecule has 30 heavy (non-hydrogen) atoms. The van der Waals surface area contributed by atoms with Crippen molar-refractivity contribution in [2.24, 2.45) is 11.8 Å². The van der Waals surface area contributed by atoms with E-state index in [1.165, 1.54) is 23.2 Å². The zero-order chi connectivity index (χ0) is 21.7. The van der Waals surface area contributed by atoms with Gasteiger partial charge in [0.05, 0.1) is 24.7 Å². The molecule has 0 saturated carbocycles. The van der Waals surface area contributed by atoms with Crippen LogP contribution in [0.2, 0.25) is 0 Å². The molecule has 1 fully saturated rings. The van der Waals surface area contributed by atoms with Gasteiger partial charge >= 0.3 is 5.97 Å². The largest absolute Gasteiger partial charge is 0.477 e. The van der Waals surface area contributed by atoms with Crippen molar-refractivity contribution < 1.29 is 34.3 Å². The molecule has 0 spiro atoms. The van der Waals surface area contributed by atoms with Crippen LogP contribution in [0.3, 0.4) is 0 Å². The number of nitrogens with zero attached hydrogens (tertiary/aromatic N) is 3. The number of imidazole rings is 1. The van der Waals surface area contributed by atoms with Gasteiger partial charge in [-0.3, -0.25) is 9.59 Å². The minimum absolute atomic E-state index is 0.0497. The van der Waals surface area contributed by atoms with Crippen LogP contribution in [0, 0.1) is 11.8 Å². The zero-order valence-electron chi connectivity index (χ0n) is 16.4. The fourth-order valence-electron chi connectivity index (χ4n) is 4.73. The van der Waals surface area contributed by atoms with Gasteiger partial charge in [-0.05, 0) is 6.92 Å². The molecule has 0 aliphatic carbocycles. The van der Waals surface area contributed by atoms with Gasteiger partial charge in [0.25, 0.3) is 5.82 Å². The maximum absolute atomic E-state index is 12.5. The van der Waals surface area contributed by atoms with E-state index < -0.39 is 30.1 Å². The molecular formula is C19H23N4O6S+. The number of β-lactam (4-membered cyclic amide) rings is 1. The third kappa shape index (κ3) is 2.84. The monoisotopic (exact) mass is 435 g/mol. The molecule has 11 heteroatoms. The van der Waals surface area contributed by atoms with E-state index in [2.05, 4.69) is 5.32 Å². The van der Waals surface area contributed by atoms with Crippen molar-refractivity contribution in [2.45, 2.75) is 38.6 Å². The first-order chi connectivity index (χ1) is 14.3. The number of fused-ring (bicyclic) bond motifs is 2. The molecule has 0 radical (unpaired) electrons. The number of hydrogen-bond donors (Lipinski definition) is 4. The third-order valence-corrected chi connectivity index (χ3v) is 6.87. The van der Waals surface area contributed by atoms with Gasteiger partial charge in [-0.15, -0.1) is 0 Å². The maximum Gasteiger partial charge on any atom is 0.352 e. The Bertz CT molecular complexity index is 1060. The first-order valence-electron chi connectivity index (χ1n) is 9.57. The maximum atomic E-state index is 12.5. The highest BCUT2D eigenvalue weighted by Gasteiger charge is 2.60. The second kappa shape index (κ2) is 7.49. The van der Waals surface area contributed by atoms with Gasteiger partial charge in [0.15, 0.2) is 6.04 Å². The number of rotatable bonds is 8. The number of carboxylic acid groups (broad SMARTS) is 1. The van der Waals surface area contributed by atoms with Crippen LogP contribution in [-0.4, -0.2) is 61.7 Å². The van der Waals surface area contributed by atoms with Crippen molar-refractivity contribution in [3.05, 3.63) is 34.9 Å². The molecule has 4 heterocycles. The third-order valence-electron chi connectivity index (χ3n) is 6.07. The Labute approximate surface area is 175 Å². The summed E-state index contributed by atoms with van der Waals surface area (Å²) < 4.78 is 3.63. The van der Waals surface area contributed by atoms with E-state index in [-0.39, 0.29) is 30.7 Å². The minimum atomic E-state index is -1.19. The zero-order valence-corrected chi connectivity index (χ0v) is 17.2. The van der Waals surface area contributed by atoms with Gasteiger partial charge in [0.2, 0.25) is 17.1 Å². The average molecular weight is 435 g/mol. The quantitative estimate of drug-likeness (QED) is 0.245. The van der Waals surface area contributed by atoms with E-state index in [4.69, 9.17) is 0 Å². The van der Waals surface area contributed by atoms with Crippen LogP contribution in [0.15, 0.2) is 29.0 Å². The lowest BCUT2D eigenvalue weighted by Crippen LogP contribution is -2.63. The Kier molecular flexibility index (Phi) is 5.12. The number of aliphatic hydroxyl groups is 2. The molecule has 2 aliphatic rings. The number of thiazole rings is 1. The molecule has 1 saturated heterocycles. The number of carbonyl (C=O) groups is 3. The Morgan fingerprint density at radius 2 is 2.20 bits per heavy atom. The molecular weight excluding hydrogens is 412 g/mol. The predicted octanol–water partition coefficient (Wildman–Crippen LogP) is -0.736. The van der Waals surface area contributed by atoms with Crippen LogP contribution in [0.1, 0.15) is 25.7 Å². The van der Waals surface area contributed by atoms with Crippen molar-refractivity contribution in [3.63, 3.8) is 0 Å². The van der Waals surface area contributed by atoms with Crippen molar-refractivity contribution in [1.29, 1.82) is 0 Å². The van der Waals surface area contributed by atoms with E-state index in [1.807, 2.05) is 29.1 Å². The van der Waals surface area contributed by atoms with Crippen LogP contribution in [0.5, 0.6) is 0 Å². The summed E-state index contributed by atoms with van der Waals surface area (Å²) in [5, 5.41) is 34.1. The second-order valence-electron chi connectivity index (χ2n) is 7.68. The Morgan fingerprint density at radius 3 is 2.80 bits per heavy atom. The Morgan fingerprint density at radius 1 is 1.47 bits per heavy atom. The van der Waals surface area contributed by atoms with Gasteiger partial charge < -0.3 is 25.5 Å². The van der Waals surface area contributed by atoms with E-state index in [1.54, 1.807) is 4.57 Å². The topological polar surface area (TPSA) is 135 Å². The van der Waals surface area contributed by atoms with Gasteiger partial charge in [-0.25, -0.2) is 9.36 Å². The molecule has 2 aromatic rings. The highest BCUT2D eigenvalue weighted by Crippen LogP contribution is 2.47. The first-order valence-corrected chi connectivity index (χ1v) is 10.5. The summed E-state index contributed by atoms with van der Waals surface area (Å²) in [7, 11) is 0. The van der Waals surface area contributed by atoms with Crippen LogP contribution >= 0.6 is 11.3 Å². The molecule has 2 aliphatic heterocycles. The molecule has 0 aromatic carbocycles. The SMILES string of the molecule is C[C@@H](O)[C@H]1C(=O)N2C(C(=O)O)=C(C[n+]3cc4sccn4c3[C@@H](CO)NC=O)[C@H](C)[C@H]12. The van der Waals surface area contributed by atoms with Gasteiger partial charge in [-0.2, -0.15) is 4.40 Å². The van der Waals surface area contributed by atoms with E-state index in [0.717, 1.165) is 4.83 Å². The van der Waals surface area contributed by atoms with Crippen LogP contribution in [0.4, 0.5) is 0 Å². The van der Waals surface area contributed by atoms with Crippen LogP contribution < -0.4 is 9.88 Å². The number of nitrogens with one attached hydrogen (secondary N) is 1. The van der Waals surface area contributed by atoms with E-state index >= 15 is 0 Å². The standard InChI is InChI=1S/C19H22N4O6S/c1-9-11(16(19(28)29)23-15(9)14(10(2)26)18(23)27)5-21-6-13-22(3-4-30-13)17(21)12(7-24)20-8-25/h3-4,6,8-10,12,14-15,24,26H,5,7H2,1-2H3,(H-,20,25,28,29)/p+1/t9-,10+,12+,14+,15+/m0/s1. The molecule has 4 rings (SSSR count). The summed E-state index contributed by atoms with van der Waals surface area (Å²) in [4.78, 5) is 37.7. The lowest BCUT2D eigenvalue weighted by atomic mass is 9.78. The smallest absolute Gasteiger partial charge is 0.352 e. The lowest BCUT2D eigenvalue weighted by Gasteiger charge is -2.46. The summed E-state index contributed by atoms with van der Waals surface area (Å²) in [6.45, 7) is 3.24. The highest BCUT2D eigenvalue weighted by molar-refractivity contribution is 7.15. The first kappa shape index (κ1) is 20.5. The fourth-order valence-corrected chi connectivity index (χ4v) is 5.51. The molecule has 0 bridgehead atoms. The number of carboxylic acids is 1. The molecule has 0 unspecified atom stereocenters. The van der Waals surface area contributed by atoms with Crippen molar-refractivity contribution in [2.75, 3.05) is 6.61 Å². The van der Waals surface area contributed by atoms with Crippen LogP contribution in [0.25, 0.3) is 4.83 Å². The number of amides is 2. The summed E-state index contributed by atoms with van der Waals surface area (Å²) >= 11 is 1.47. The normalized spacial score (nSPS) is 25.3.